The highest BCUT2D eigenvalue weighted by Gasteiger charge is 2.11. The highest BCUT2D eigenvalue weighted by molar-refractivity contribution is 6.30. The minimum absolute atomic E-state index is 0.139. The summed E-state index contributed by atoms with van der Waals surface area (Å²) in [4.78, 5) is 23.8. The standard InChI is InChI=1S/C19H19ClO4/c1-2-3-11-23-18(21)15-7-9-16(10-8-15)19(22)24-13-14-5-4-6-17(20)12-14/h4-10,12H,2-3,11,13H2,1H3. The van der Waals surface area contributed by atoms with Crippen LogP contribution in [-0.4, -0.2) is 18.5 Å². The highest BCUT2D eigenvalue weighted by atomic mass is 35.5. The van der Waals surface area contributed by atoms with Gasteiger partial charge in [-0.2, -0.15) is 0 Å². The zero-order chi connectivity index (χ0) is 17.4. The first-order valence-electron chi connectivity index (χ1n) is 7.79. The van der Waals surface area contributed by atoms with Crippen molar-refractivity contribution >= 4 is 23.5 Å². The Hall–Kier alpha value is -2.33. The molecule has 0 aliphatic rings. The van der Waals surface area contributed by atoms with Gasteiger partial charge in [0.2, 0.25) is 0 Å². The summed E-state index contributed by atoms with van der Waals surface area (Å²) in [5.41, 5.74) is 1.60. The zero-order valence-electron chi connectivity index (χ0n) is 13.5. The Morgan fingerprint density at radius 3 is 2.17 bits per heavy atom. The molecule has 5 heteroatoms. The Bertz CT molecular complexity index is 695. The molecule has 24 heavy (non-hydrogen) atoms. The second kappa shape index (κ2) is 9.08. The van der Waals surface area contributed by atoms with Crippen LogP contribution in [0.1, 0.15) is 46.0 Å². The van der Waals surface area contributed by atoms with E-state index >= 15 is 0 Å². The van der Waals surface area contributed by atoms with Gasteiger partial charge < -0.3 is 9.47 Å². The molecule has 2 rings (SSSR count). The fraction of sp³-hybridized carbons (Fsp3) is 0.263. The van der Waals surface area contributed by atoms with Gasteiger partial charge in [-0.05, 0) is 48.4 Å². The van der Waals surface area contributed by atoms with Crippen molar-refractivity contribution in [3.05, 3.63) is 70.2 Å². The van der Waals surface area contributed by atoms with Crippen molar-refractivity contribution in [2.24, 2.45) is 0 Å². The largest absolute Gasteiger partial charge is 0.462 e. The number of rotatable bonds is 7. The molecule has 2 aromatic carbocycles. The van der Waals surface area contributed by atoms with Crippen molar-refractivity contribution in [1.29, 1.82) is 0 Å². The molecule has 0 spiro atoms. The van der Waals surface area contributed by atoms with E-state index in [0.717, 1.165) is 18.4 Å². The van der Waals surface area contributed by atoms with E-state index in [9.17, 15) is 9.59 Å². The van der Waals surface area contributed by atoms with E-state index in [1.165, 1.54) is 0 Å². The molecule has 0 N–H and O–H groups in total. The van der Waals surface area contributed by atoms with Crippen LogP contribution in [0.3, 0.4) is 0 Å². The summed E-state index contributed by atoms with van der Waals surface area (Å²) >= 11 is 5.89. The second-order valence-electron chi connectivity index (χ2n) is 5.27. The number of benzene rings is 2. The molecule has 4 nitrogen and oxygen atoms in total. The van der Waals surface area contributed by atoms with E-state index in [2.05, 4.69) is 0 Å². The Balaban J connectivity index is 1.90. The van der Waals surface area contributed by atoms with E-state index < -0.39 is 5.97 Å². The Morgan fingerprint density at radius 2 is 1.58 bits per heavy atom. The molecule has 0 aliphatic carbocycles. The van der Waals surface area contributed by atoms with Crippen molar-refractivity contribution in [2.75, 3.05) is 6.61 Å². The minimum atomic E-state index is -0.458. The van der Waals surface area contributed by atoms with Gasteiger partial charge in [-0.3, -0.25) is 0 Å². The predicted octanol–water partition coefficient (Wildman–Crippen LogP) is 4.65. The Labute approximate surface area is 146 Å². The van der Waals surface area contributed by atoms with E-state index in [1.807, 2.05) is 13.0 Å². The molecule has 0 heterocycles. The molecule has 0 aromatic heterocycles. The van der Waals surface area contributed by atoms with Gasteiger partial charge in [0.1, 0.15) is 6.61 Å². The molecule has 2 aromatic rings. The molecule has 0 atom stereocenters. The van der Waals surface area contributed by atoms with Crippen LogP contribution >= 0.6 is 11.6 Å². The van der Waals surface area contributed by atoms with Crippen LogP contribution in [0, 0.1) is 0 Å². The first-order valence-corrected chi connectivity index (χ1v) is 8.16. The van der Waals surface area contributed by atoms with Crippen LogP contribution in [0.5, 0.6) is 0 Å². The maximum atomic E-state index is 12.0. The van der Waals surface area contributed by atoms with E-state index in [-0.39, 0.29) is 12.6 Å². The molecule has 0 aliphatic heterocycles. The molecular weight excluding hydrogens is 328 g/mol. The highest BCUT2D eigenvalue weighted by Crippen LogP contribution is 2.13. The lowest BCUT2D eigenvalue weighted by molar-refractivity contribution is 0.0466. The summed E-state index contributed by atoms with van der Waals surface area (Å²) in [6.07, 6.45) is 1.80. The summed E-state index contributed by atoms with van der Waals surface area (Å²) in [5.74, 6) is -0.844. The van der Waals surface area contributed by atoms with Crippen molar-refractivity contribution in [3.8, 4) is 0 Å². The molecule has 126 valence electrons. The first-order chi connectivity index (χ1) is 11.6. The van der Waals surface area contributed by atoms with Crippen LogP contribution in [0.25, 0.3) is 0 Å². The lowest BCUT2D eigenvalue weighted by atomic mass is 10.1. The number of carbonyl (C=O) groups excluding carboxylic acids is 2. The van der Waals surface area contributed by atoms with Crippen molar-refractivity contribution in [3.63, 3.8) is 0 Å². The van der Waals surface area contributed by atoms with Gasteiger partial charge in [-0.15, -0.1) is 0 Å². The quantitative estimate of drug-likeness (QED) is 0.540. The second-order valence-corrected chi connectivity index (χ2v) is 5.71. The number of esters is 2. The van der Waals surface area contributed by atoms with Gasteiger partial charge in [0, 0.05) is 5.02 Å². The molecule has 0 saturated heterocycles. The summed E-state index contributed by atoms with van der Waals surface area (Å²) < 4.78 is 10.4. The summed E-state index contributed by atoms with van der Waals surface area (Å²) in [6, 6.07) is 13.3. The molecule has 0 saturated carbocycles. The lowest BCUT2D eigenvalue weighted by Gasteiger charge is -2.07. The molecular formula is C19H19ClO4. The van der Waals surface area contributed by atoms with Crippen LogP contribution in [0.15, 0.2) is 48.5 Å². The minimum Gasteiger partial charge on any atom is -0.462 e. The predicted molar refractivity (Wildman–Crippen MR) is 92.2 cm³/mol. The molecule has 0 unspecified atom stereocenters. The lowest BCUT2D eigenvalue weighted by Crippen LogP contribution is -2.08. The fourth-order valence-electron chi connectivity index (χ4n) is 1.99. The van der Waals surface area contributed by atoms with Gasteiger partial charge in [0.25, 0.3) is 0 Å². The maximum Gasteiger partial charge on any atom is 0.338 e. The molecule has 0 radical (unpaired) electrons. The number of carbonyl (C=O) groups is 2. The zero-order valence-corrected chi connectivity index (χ0v) is 14.2. The SMILES string of the molecule is CCCCOC(=O)c1ccc(C(=O)OCc2cccc(Cl)c2)cc1. The van der Waals surface area contributed by atoms with Crippen LogP contribution in [-0.2, 0) is 16.1 Å². The Kier molecular flexibility index (Phi) is 6.82. The van der Waals surface area contributed by atoms with Crippen molar-refractivity contribution < 1.29 is 19.1 Å². The van der Waals surface area contributed by atoms with Gasteiger partial charge >= 0.3 is 11.9 Å². The van der Waals surface area contributed by atoms with Crippen molar-refractivity contribution in [2.45, 2.75) is 26.4 Å². The van der Waals surface area contributed by atoms with Gasteiger partial charge in [-0.25, -0.2) is 9.59 Å². The summed E-state index contributed by atoms with van der Waals surface area (Å²) in [6.45, 7) is 2.57. The van der Waals surface area contributed by atoms with E-state index in [4.69, 9.17) is 21.1 Å². The number of ether oxygens (including phenoxy) is 2. The monoisotopic (exact) mass is 346 g/mol. The number of unbranched alkanes of at least 4 members (excludes halogenated alkanes) is 1. The number of hydrogen-bond acceptors (Lipinski definition) is 4. The van der Waals surface area contributed by atoms with E-state index in [1.54, 1.807) is 42.5 Å². The third-order valence-corrected chi connectivity index (χ3v) is 3.58. The Morgan fingerprint density at radius 1 is 0.958 bits per heavy atom. The van der Waals surface area contributed by atoms with Gasteiger partial charge in [-0.1, -0.05) is 37.1 Å². The van der Waals surface area contributed by atoms with Crippen LogP contribution < -0.4 is 0 Å². The maximum absolute atomic E-state index is 12.0. The van der Waals surface area contributed by atoms with Crippen LogP contribution in [0.2, 0.25) is 5.02 Å². The average molecular weight is 347 g/mol. The smallest absolute Gasteiger partial charge is 0.338 e. The van der Waals surface area contributed by atoms with E-state index in [0.29, 0.717) is 22.8 Å². The topological polar surface area (TPSA) is 52.6 Å². The fourth-order valence-corrected chi connectivity index (χ4v) is 2.21. The molecule has 0 bridgehead atoms. The molecule has 0 fully saturated rings. The van der Waals surface area contributed by atoms with Crippen molar-refractivity contribution in [1.82, 2.24) is 0 Å². The summed E-state index contributed by atoms with van der Waals surface area (Å²) in [7, 11) is 0. The number of halogens is 1. The summed E-state index contributed by atoms with van der Waals surface area (Å²) in [5, 5.41) is 0.592. The van der Waals surface area contributed by atoms with Gasteiger partial charge in [0.15, 0.2) is 0 Å². The third kappa shape index (κ3) is 5.39. The number of hydrogen-bond donors (Lipinski definition) is 0. The van der Waals surface area contributed by atoms with Gasteiger partial charge in [0.05, 0.1) is 17.7 Å². The normalized spacial score (nSPS) is 10.2. The third-order valence-electron chi connectivity index (χ3n) is 3.35. The average Bonchev–Trinajstić information content (AvgIpc) is 2.60. The first kappa shape index (κ1) is 18.0. The molecule has 0 amide bonds. The van der Waals surface area contributed by atoms with Crippen LogP contribution in [0.4, 0.5) is 0 Å².